The second-order valence-corrected chi connectivity index (χ2v) is 6.20. The molecule has 1 fully saturated rings. The van der Waals surface area contributed by atoms with Gasteiger partial charge in [0, 0.05) is 31.3 Å². The third kappa shape index (κ3) is 3.99. The normalized spacial score (nSPS) is 16.4. The van der Waals surface area contributed by atoms with Crippen LogP contribution in [0, 0.1) is 5.92 Å². The number of hydrogen-bond donors (Lipinski definition) is 1. The summed E-state index contributed by atoms with van der Waals surface area (Å²) in [5, 5.41) is 4.35. The molecule has 132 valence electrons. The summed E-state index contributed by atoms with van der Waals surface area (Å²) in [4.78, 5) is 25.4. The van der Waals surface area contributed by atoms with Crippen molar-refractivity contribution in [2.75, 3.05) is 13.1 Å². The van der Waals surface area contributed by atoms with Gasteiger partial charge in [0.15, 0.2) is 6.10 Å². The Morgan fingerprint density at radius 2 is 1.88 bits per heavy atom. The smallest absolute Gasteiger partial charge is 0.263 e. The van der Waals surface area contributed by atoms with Gasteiger partial charge in [-0.3, -0.25) is 9.59 Å². The van der Waals surface area contributed by atoms with Crippen LogP contribution in [0.4, 0.5) is 0 Å². The zero-order chi connectivity index (χ0) is 17.8. The van der Waals surface area contributed by atoms with E-state index in [0.717, 1.165) is 5.69 Å². The van der Waals surface area contributed by atoms with Crippen molar-refractivity contribution >= 4 is 11.8 Å². The fourth-order valence-electron chi connectivity index (χ4n) is 2.97. The number of benzene rings is 1. The van der Waals surface area contributed by atoms with Gasteiger partial charge in [-0.05, 0) is 31.9 Å². The number of carbonyl (C=O) groups is 2. The molecule has 1 aliphatic rings. The van der Waals surface area contributed by atoms with Crippen molar-refractivity contribution in [3.8, 4) is 11.6 Å². The van der Waals surface area contributed by atoms with Crippen LogP contribution in [-0.2, 0) is 9.59 Å². The van der Waals surface area contributed by atoms with Crippen LogP contribution >= 0.6 is 0 Å². The molecule has 2 amide bonds. The van der Waals surface area contributed by atoms with E-state index in [9.17, 15) is 9.59 Å². The van der Waals surface area contributed by atoms with Crippen LogP contribution in [-0.4, -0.2) is 45.7 Å². The topological polar surface area (TPSA) is 90.5 Å². The number of nitrogens with two attached hydrogens (primary N) is 1. The summed E-state index contributed by atoms with van der Waals surface area (Å²) in [6.07, 6.45) is 2.37. The van der Waals surface area contributed by atoms with Crippen LogP contribution in [0.2, 0.25) is 0 Å². The Hall–Kier alpha value is -2.83. The van der Waals surface area contributed by atoms with E-state index >= 15 is 0 Å². The molecule has 1 aromatic heterocycles. The lowest BCUT2D eigenvalue weighted by atomic mass is 9.96. The van der Waals surface area contributed by atoms with E-state index in [1.807, 2.05) is 30.3 Å². The molecule has 0 saturated carbocycles. The monoisotopic (exact) mass is 342 g/mol. The van der Waals surface area contributed by atoms with Crippen LogP contribution in [0.15, 0.2) is 42.6 Å². The number of para-hydroxylation sites is 1. The standard InChI is InChI=1S/C18H22N4O3/c1-13(18(24)21-10-7-14(8-11-21)17(19)23)25-16-9-12-22(20-16)15-5-3-2-4-6-15/h2-6,9,12-14H,7-8,10-11H2,1H3,(H2,19,23)/t13-/m0/s1. The van der Waals surface area contributed by atoms with Crippen LogP contribution in [0.3, 0.4) is 0 Å². The average Bonchev–Trinajstić information content (AvgIpc) is 3.10. The number of hydrogen-bond acceptors (Lipinski definition) is 4. The maximum absolute atomic E-state index is 12.5. The van der Waals surface area contributed by atoms with Gasteiger partial charge in [-0.15, -0.1) is 5.10 Å². The molecule has 2 heterocycles. The number of carbonyl (C=O) groups excluding carboxylic acids is 2. The molecule has 25 heavy (non-hydrogen) atoms. The molecular formula is C18H22N4O3. The zero-order valence-corrected chi connectivity index (χ0v) is 14.2. The average molecular weight is 342 g/mol. The van der Waals surface area contributed by atoms with Gasteiger partial charge in [-0.25, -0.2) is 4.68 Å². The first-order valence-corrected chi connectivity index (χ1v) is 8.40. The van der Waals surface area contributed by atoms with E-state index in [1.165, 1.54) is 0 Å². The lowest BCUT2D eigenvalue weighted by Crippen LogP contribution is -2.46. The SMILES string of the molecule is C[C@H](Oc1ccn(-c2ccccc2)n1)C(=O)N1CCC(C(N)=O)CC1. The first-order valence-electron chi connectivity index (χ1n) is 8.40. The van der Waals surface area contributed by atoms with Gasteiger partial charge in [0.1, 0.15) is 0 Å². The third-order valence-corrected chi connectivity index (χ3v) is 4.44. The van der Waals surface area contributed by atoms with Crippen molar-refractivity contribution in [2.45, 2.75) is 25.9 Å². The van der Waals surface area contributed by atoms with E-state index < -0.39 is 6.10 Å². The second-order valence-electron chi connectivity index (χ2n) is 6.20. The highest BCUT2D eigenvalue weighted by molar-refractivity contribution is 5.81. The lowest BCUT2D eigenvalue weighted by Gasteiger charge is -2.32. The molecule has 1 atom stereocenters. The molecular weight excluding hydrogens is 320 g/mol. The second kappa shape index (κ2) is 7.38. The maximum Gasteiger partial charge on any atom is 0.263 e. The zero-order valence-electron chi connectivity index (χ0n) is 14.2. The first-order chi connectivity index (χ1) is 12.0. The largest absolute Gasteiger partial charge is 0.463 e. The van der Waals surface area contributed by atoms with Gasteiger partial charge in [0.25, 0.3) is 5.91 Å². The summed E-state index contributed by atoms with van der Waals surface area (Å²) in [6.45, 7) is 2.77. The molecule has 0 aliphatic carbocycles. The third-order valence-electron chi connectivity index (χ3n) is 4.44. The molecule has 2 aromatic rings. The Labute approximate surface area is 146 Å². The van der Waals surface area contributed by atoms with Gasteiger partial charge in [0.2, 0.25) is 11.8 Å². The fourth-order valence-corrected chi connectivity index (χ4v) is 2.97. The summed E-state index contributed by atoms with van der Waals surface area (Å²) in [5.41, 5.74) is 6.24. The minimum atomic E-state index is -0.635. The number of amides is 2. The fraction of sp³-hybridized carbons (Fsp3) is 0.389. The van der Waals surface area contributed by atoms with Gasteiger partial charge in [0.05, 0.1) is 5.69 Å². The molecule has 3 rings (SSSR count). The highest BCUT2D eigenvalue weighted by Gasteiger charge is 2.29. The summed E-state index contributed by atoms with van der Waals surface area (Å²) in [7, 11) is 0. The summed E-state index contributed by atoms with van der Waals surface area (Å²) < 4.78 is 7.39. The Bertz CT molecular complexity index is 736. The minimum Gasteiger partial charge on any atom is -0.463 e. The maximum atomic E-state index is 12.5. The van der Waals surface area contributed by atoms with Gasteiger partial charge in [-0.2, -0.15) is 0 Å². The van der Waals surface area contributed by atoms with Crippen LogP contribution < -0.4 is 10.5 Å². The Morgan fingerprint density at radius 3 is 2.52 bits per heavy atom. The predicted octanol–water partition coefficient (Wildman–Crippen LogP) is 1.36. The van der Waals surface area contributed by atoms with Crippen molar-refractivity contribution in [1.82, 2.24) is 14.7 Å². The first kappa shape index (κ1) is 17.0. The molecule has 7 nitrogen and oxygen atoms in total. The molecule has 1 saturated heterocycles. The Kier molecular flexibility index (Phi) is 5.02. The molecule has 1 aliphatic heterocycles. The summed E-state index contributed by atoms with van der Waals surface area (Å²) >= 11 is 0. The number of likely N-dealkylation sites (tertiary alicyclic amines) is 1. The number of ether oxygens (including phenoxy) is 1. The Balaban J connectivity index is 1.57. The van der Waals surface area contributed by atoms with E-state index in [-0.39, 0.29) is 17.7 Å². The number of piperidine rings is 1. The number of aromatic nitrogens is 2. The molecule has 0 spiro atoms. The van der Waals surface area contributed by atoms with E-state index in [0.29, 0.717) is 31.8 Å². The number of rotatable bonds is 5. The highest BCUT2D eigenvalue weighted by atomic mass is 16.5. The van der Waals surface area contributed by atoms with Crippen LogP contribution in [0.25, 0.3) is 5.69 Å². The number of primary amides is 1. The van der Waals surface area contributed by atoms with Crippen molar-refractivity contribution in [2.24, 2.45) is 11.7 Å². The minimum absolute atomic E-state index is 0.0998. The molecule has 7 heteroatoms. The molecule has 2 N–H and O–H groups in total. The van der Waals surface area contributed by atoms with Gasteiger partial charge >= 0.3 is 0 Å². The molecule has 0 unspecified atom stereocenters. The van der Waals surface area contributed by atoms with Crippen molar-refractivity contribution in [3.05, 3.63) is 42.6 Å². The van der Waals surface area contributed by atoms with Crippen LogP contribution in [0.5, 0.6) is 5.88 Å². The predicted molar refractivity (Wildman–Crippen MR) is 92.2 cm³/mol. The van der Waals surface area contributed by atoms with Gasteiger partial charge in [-0.1, -0.05) is 18.2 Å². The molecule has 1 aromatic carbocycles. The van der Waals surface area contributed by atoms with E-state index in [2.05, 4.69) is 5.10 Å². The molecule has 0 radical (unpaired) electrons. The number of nitrogens with zero attached hydrogens (tertiary/aromatic N) is 3. The summed E-state index contributed by atoms with van der Waals surface area (Å²) in [5.74, 6) is -0.126. The summed E-state index contributed by atoms with van der Waals surface area (Å²) in [6, 6.07) is 11.4. The quantitative estimate of drug-likeness (QED) is 0.888. The van der Waals surface area contributed by atoms with Crippen molar-refractivity contribution < 1.29 is 14.3 Å². The van der Waals surface area contributed by atoms with Crippen LogP contribution in [0.1, 0.15) is 19.8 Å². The van der Waals surface area contributed by atoms with Crippen molar-refractivity contribution in [1.29, 1.82) is 0 Å². The van der Waals surface area contributed by atoms with E-state index in [4.69, 9.17) is 10.5 Å². The van der Waals surface area contributed by atoms with Crippen molar-refractivity contribution in [3.63, 3.8) is 0 Å². The molecule has 0 bridgehead atoms. The van der Waals surface area contributed by atoms with E-state index in [1.54, 1.807) is 28.8 Å². The van der Waals surface area contributed by atoms with Gasteiger partial charge < -0.3 is 15.4 Å². The lowest BCUT2D eigenvalue weighted by molar-refractivity contribution is -0.140. The highest BCUT2D eigenvalue weighted by Crippen LogP contribution is 2.19. The Morgan fingerprint density at radius 1 is 1.20 bits per heavy atom.